The molecule has 5 heteroatoms. The van der Waals surface area contributed by atoms with Crippen LogP contribution < -0.4 is 4.74 Å². The molecule has 2 unspecified atom stereocenters. The molecule has 0 saturated carbocycles. The molecule has 0 fully saturated rings. The van der Waals surface area contributed by atoms with E-state index in [-0.39, 0.29) is 17.7 Å². The molecule has 0 radical (unpaired) electrons. The Kier molecular flexibility index (Phi) is 5.64. The van der Waals surface area contributed by atoms with Gasteiger partial charge in [-0.25, -0.2) is 14.0 Å². The van der Waals surface area contributed by atoms with Crippen LogP contribution >= 0.6 is 0 Å². The van der Waals surface area contributed by atoms with Gasteiger partial charge in [-0.3, -0.25) is 0 Å². The van der Waals surface area contributed by atoms with E-state index in [9.17, 15) is 14.0 Å². The Morgan fingerprint density at radius 3 is 2.38 bits per heavy atom. The standard InChI is InChI=1S/C16H19FO4/c1-5-16(4,21-14(18)11(2)3)13(17)15(19)20-12-9-7-6-8-10-12/h6-10,13H,2,5H2,1,3-4H3. The van der Waals surface area contributed by atoms with Crippen molar-refractivity contribution in [3.8, 4) is 5.75 Å². The van der Waals surface area contributed by atoms with Crippen LogP contribution in [0.15, 0.2) is 42.5 Å². The number of alkyl halides is 1. The topological polar surface area (TPSA) is 52.6 Å². The minimum Gasteiger partial charge on any atom is -0.452 e. The first-order chi connectivity index (χ1) is 9.80. The van der Waals surface area contributed by atoms with Crippen LogP contribution in [0.1, 0.15) is 27.2 Å². The number of para-hydroxylation sites is 1. The van der Waals surface area contributed by atoms with Gasteiger partial charge < -0.3 is 9.47 Å². The molecule has 114 valence electrons. The lowest BCUT2D eigenvalue weighted by Gasteiger charge is -2.30. The third kappa shape index (κ3) is 4.41. The molecule has 2 atom stereocenters. The highest BCUT2D eigenvalue weighted by atomic mass is 19.1. The third-order valence-electron chi connectivity index (χ3n) is 3.08. The Hall–Kier alpha value is -2.17. The van der Waals surface area contributed by atoms with E-state index in [1.807, 2.05) is 0 Å². The minimum atomic E-state index is -2.09. The summed E-state index contributed by atoms with van der Waals surface area (Å²) < 4.78 is 24.4. The zero-order chi connectivity index (χ0) is 16.0. The van der Waals surface area contributed by atoms with Gasteiger partial charge in [0.15, 0.2) is 5.60 Å². The molecular weight excluding hydrogens is 275 g/mol. The Labute approximate surface area is 123 Å². The van der Waals surface area contributed by atoms with Crippen molar-refractivity contribution in [2.24, 2.45) is 0 Å². The molecule has 0 aliphatic rings. The maximum Gasteiger partial charge on any atom is 0.350 e. The molecule has 0 amide bonds. The molecular formula is C16H19FO4. The van der Waals surface area contributed by atoms with E-state index in [1.165, 1.54) is 26.0 Å². The largest absolute Gasteiger partial charge is 0.452 e. The highest BCUT2D eigenvalue weighted by molar-refractivity contribution is 5.88. The first-order valence-electron chi connectivity index (χ1n) is 6.60. The SMILES string of the molecule is C=C(C)C(=O)OC(C)(CC)C(F)C(=O)Oc1ccccc1. The molecule has 0 aliphatic carbocycles. The van der Waals surface area contributed by atoms with Crippen LogP contribution in [0.2, 0.25) is 0 Å². The molecule has 0 heterocycles. The third-order valence-corrected chi connectivity index (χ3v) is 3.08. The molecule has 1 aromatic carbocycles. The van der Waals surface area contributed by atoms with E-state index in [1.54, 1.807) is 25.1 Å². The van der Waals surface area contributed by atoms with Crippen molar-refractivity contribution < 1.29 is 23.5 Å². The fourth-order valence-corrected chi connectivity index (χ4v) is 1.51. The van der Waals surface area contributed by atoms with E-state index >= 15 is 0 Å². The lowest BCUT2D eigenvalue weighted by molar-refractivity contribution is -0.169. The summed E-state index contributed by atoms with van der Waals surface area (Å²) in [5, 5.41) is 0. The van der Waals surface area contributed by atoms with Gasteiger partial charge >= 0.3 is 11.9 Å². The minimum absolute atomic E-state index is 0.122. The average Bonchev–Trinajstić information content (AvgIpc) is 2.47. The van der Waals surface area contributed by atoms with Crippen molar-refractivity contribution in [1.82, 2.24) is 0 Å². The second-order valence-electron chi connectivity index (χ2n) is 4.93. The van der Waals surface area contributed by atoms with Crippen molar-refractivity contribution in [3.63, 3.8) is 0 Å². The normalized spacial score (nSPS) is 14.7. The van der Waals surface area contributed by atoms with Crippen molar-refractivity contribution >= 4 is 11.9 Å². The number of esters is 2. The van der Waals surface area contributed by atoms with Gasteiger partial charge in [-0.1, -0.05) is 31.7 Å². The van der Waals surface area contributed by atoms with Crippen LogP contribution in [0, 0.1) is 0 Å². The first kappa shape index (κ1) is 16.9. The van der Waals surface area contributed by atoms with Gasteiger partial charge in [0, 0.05) is 5.57 Å². The van der Waals surface area contributed by atoms with Crippen LogP contribution in [0.3, 0.4) is 0 Å². The monoisotopic (exact) mass is 294 g/mol. The number of carbonyl (C=O) groups excluding carboxylic acids is 2. The Morgan fingerprint density at radius 1 is 1.33 bits per heavy atom. The summed E-state index contributed by atoms with van der Waals surface area (Å²) in [4.78, 5) is 23.4. The number of carbonyl (C=O) groups is 2. The summed E-state index contributed by atoms with van der Waals surface area (Å²) in [6.07, 6.45) is -1.97. The fraction of sp³-hybridized carbons (Fsp3) is 0.375. The van der Waals surface area contributed by atoms with E-state index in [0.717, 1.165) is 0 Å². The van der Waals surface area contributed by atoms with Crippen molar-refractivity contribution in [3.05, 3.63) is 42.5 Å². The summed E-state index contributed by atoms with van der Waals surface area (Å²) in [6.45, 7) is 7.86. The Balaban J connectivity index is 2.82. The van der Waals surface area contributed by atoms with Gasteiger partial charge in [0.25, 0.3) is 0 Å². The van der Waals surface area contributed by atoms with Gasteiger partial charge in [0.2, 0.25) is 6.17 Å². The molecule has 21 heavy (non-hydrogen) atoms. The molecule has 0 spiro atoms. The number of benzene rings is 1. The maximum absolute atomic E-state index is 14.4. The van der Waals surface area contributed by atoms with Crippen molar-refractivity contribution in [1.29, 1.82) is 0 Å². The summed E-state index contributed by atoms with van der Waals surface area (Å²) >= 11 is 0. The molecule has 1 rings (SSSR count). The van der Waals surface area contributed by atoms with Crippen LogP contribution in [-0.4, -0.2) is 23.7 Å². The van der Waals surface area contributed by atoms with Crippen LogP contribution in [0.25, 0.3) is 0 Å². The predicted octanol–water partition coefficient (Wildman–Crippen LogP) is 3.22. The fourth-order valence-electron chi connectivity index (χ4n) is 1.51. The lowest BCUT2D eigenvalue weighted by atomic mass is 9.96. The molecule has 4 nitrogen and oxygen atoms in total. The summed E-state index contributed by atoms with van der Waals surface area (Å²) in [5.74, 6) is -1.61. The summed E-state index contributed by atoms with van der Waals surface area (Å²) in [7, 11) is 0. The number of hydrogen-bond acceptors (Lipinski definition) is 4. The highest BCUT2D eigenvalue weighted by Gasteiger charge is 2.43. The van der Waals surface area contributed by atoms with E-state index < -0.39 is 23.7 Å². The van der Waals surface area contributed by atoms with E-state index in [4.69, 9.17) is 9.47 Å². The van der Waals surface area contributed by atoms with Gasteiger partial charge in [-0.2, -0.15) is 0 Å². The predicted molar refractivity (Wildman–Crippen MR) is 76.6 cm³/mol. The average molecular weight is 294 g/mol. The maximum atomic E-state index is 14.4. The van der Waals surface area contributed by atoms with Gasteiger partial charge in [0.1, 0.15) is 5.75 Å². The Bertz CT molecular complexity index is 526. The number of ether oxygens (including phenoxy) is 2. The lowest BCUT2D eigenvalue weighted by Crippen LogP contribution is -2.46. The smallest absolute Gasteiger partial charge is 0.350 e. The second-order valence-corrected chi connectivity index (χ2v) is 4.93. The van der Waals surface area contributed by atoms with Gasteiger partial charge in [-0.05, 0) is 32.4 Å². The van der Waals surface area contributed by atoms with Crippen molar-refractivity contribution in [2.75, 3.05) is 0 Å². The van der Waals surface area contributed by atoms with Crippen LogP contribution in [-0.2, 0) is 14.3 Å². The Morgan fingerprint density at radius 2 is 1.90 bits per heavy atom. The molecule has 0 aliphatic heterocycles. The summed E-state index contributed by atoms with van der Waals surface area (Å²) in [6, 6.07) is 8.14. The second kappa shape index (κ2) is 7.02. The van der Waals surface area contributed by atoms with E-state index in [0.29, 0.717) is 0 Å². The molecule has 0 bridgehead atoms. The van der Waals surface area contributed by atoms with E-state index in [2.05, 4.69) is 6.58 Å². The molecule has 0 saturated heterocycles. The van der Waals surface area contributed by atoms with Gasteiger partial charge in [-0.15, -0.1) is 0 Å². The highest BCUT2D eigenvalue weighted by Crippen LogP contribution is 2.26. The zero-order valence-electron chi connectivity index (χ0n) is 12.4. The number of rotatable bonds is 6. The zero-order valence-corrected chi connectivity index (χ0v) is 12.4. The molecule has 1 aromatic rings. The first-order valence-corrected chi connectivity index (χ1v) is 6.60. The quantitative estimate of drug-likeness (QED) is 0.459. The summed E-state index contributed by atoms with van der Waals surface area (Å²) in [5.41, 5.74) is -1.46. The number of hydrogen-bond donors (Lipinski definition) is 0. The van der Waals surface area contributed by atoms with Crippen LogP contribution in [0.5, 0.6) is 5.75 Å². The van der Waals surface area contributed by atoms with Crippen molar-refractivity contribution in [2.45, 2.75) is 39.0 Å². The van der Waals surface area contributed by atoms with Gasteiger partial charge in [0.05, 0.1) is 0 Å². The molecule has 0 N–H and O–H groups in total. The molecule has 0 aromatic heterocycles. The van der Waals surface area contributed by atoms with Crippen LogP contribution in [0.4, 0.5) is 4.39 Å². The number of halogens is 1.